The molecular formula is C22H33NO4. The molecule has 1 unspecified atom stereocenters. The van der Waals surface area contributed by atoms with E-state index in [4.69, 9.17) is 4.52 Å². The SMILES string of the molecule is CCC(C)(C)CC1CC(c2onc(C(CC(C)=O)CC(=O)O)c2C2CC2)C1. The molecule has 150 valence electrons. The molecule has 0 radical (unpaired) electrons. The van der Waals surface area contributed by atoms with Crippen molar-refractivity contribution in [1.82, 2.24) is 5.16 Å². The number of aliphatic carboxylic acids is 1. The molecule has 5 heteroatoms. The minimum absolute atomic E-state index is 0.00180. The highest BCUT2D eigenvalue weighted by molar-refractivity contribution is 5.78. The predicted octanol–water partition coefficient (Wildman–Crippen LogP) is 5.41. The zero-order valence-electron chi connectivity index (χ0n) is 17.1. The van der Waals surface area contributed by atoms with Crippen LogP contribution in [0.3, 0.4) is 0 Å². The van der Waals surface area contributed by atoms with Gasteiger partial charge in [0.25, 0.3) is 0 Å². The number of aromatic nitrogens is 1. The summed E-state index contributed by atoms with van der Waals surface area (Å²) >= 11 is 0. The van der Waals surface area contributed by atoms with E-state index in [0.29, 0.717) is 17.3 Å². The molecular weight excluding hydrogens is 342 g/mol. The van der Waals surface area contributed by atoms with Gasteiger partial charge in [0.1, 0.15) is 11.5 Å². The Morgan fingerprint density at radius 1 is 1.22 bits per heavy atom. The number of Topliss-reactive ketones (excluding diaryl/α,β-unsaturated/α-hetero) is 1. The molecule has 1 atom stereocenters. The van der Waals surface area contributed by atoms with Gasteiger partial charge in [-0.3, -0.25) is 4.79 Å². The Morgan fingerprint density at radius 3 is 2.41 bits per heavy atom. The van der Waals surface area contributed by atoms with Crippen LogP contribution in [-0.2, 0) is 9.59 Å². The monoisotopic (exact) mass is 375 g/mol. The Kier molecular flexibility index (Phi) is 5.78. The summed E-state index contributed by atoms with van der Waals surface area (Å²) in [6, 6.07) is 0. The van der Waals surface area contributed by atoms with Crippen molar-refractivity contribution >= 4 is 11.8 Å². The average Bonchev–Trinajstić information content (AvgIpc) is 3.28. The van der Waals surface area contributed by atoms with Crippen molar-refractivity contribution in [2.24, 2.45) is 11.3 Å². The lowest BCUT2D eigenvalue weighted by Crippen LogP contribution is -2.27. The van der Waals surface area contributed by atoms with Gasteiger partial charge >= 0.3 is 5.97 Å². The van der Waals surface area contributed by atoms with Gasteiger partial charge < -0.3 is 14.4 Å². The topological polar surface area (TPSA) is 80.4 Å². The third-order valence-corrected chi connectivity index (χ3v) is 6.52. The van der Waals surface area contributed by atoms with Gasteiger partial charge in [0.15, 0.2) is 0 Å². The molecule has 2 saturated carbocycles. The van der Waals surface area contributed by atoms with Gasteiger partial charge in [-0.1, -0.05) is 32.3 Å². The second-order valence-corrected chi connectivity index (χ2v) is 9.58. The molecule has 1 heterocycles. The number of carboxylic acid groups (broad SMARTS) is 1. The number of hydrogen-bond acceptors (Lipinski definition) is 4. The standard InChI is InChI=1S/C22H33NO4/c1-5-22(3,4)12-14-9-17(10-14)21-19(15-6-7-15)20(23-27-21)16(8-13(2)24)11-18(25)26/h14-17H,5-12H2,1-4H3,(H,25,26). The molecule has 0 amide bonds. The van der Waals surface area contributed by atoms with Crippen molar-refractivity contribution in [2.45, 2.75) is 96.8 Å². The summed E-state index contributed by atoms with van der Waals surface area (Å²) in [6.07, 6.45) is 7.07. The van der Waals surface area contributed by atoms with Crippen molar-refractivity contribution in [3.63, 3.8) is 0 Å². The maximum absolute atomic E-state index is 11.7. The summed E-state index contributed by atoms with van der Waals surface area (Å²) in [5, 5.41) is 13.6. The number of rotatable bonds is 10. The van der Waals surface area contributed by atoms with Crippen LogP contribution in [0.2, 0.25) is 0 Å². The van der Waals surface area contributed by atoms with Crippen molar-refractivity contribution in [2.75, 3.05) is 0 Å². The number of hydrogen-bond donors (Lipinski definition) is 1. The first kappa shape index (κ1) is 20.1. The van der Waals surface area contributed by atoms with Crippen molar-refractivity contribution in [3.05, 3.63) is 17.0 Å². The molecule has 0 spiro atoms. The second kappa shape index (κ2) is 7.76. The van der Waals surface area contributed by atoms with Gasteiger partial charge in [0, 0.05) is 23.8 Å². The van der Waals surface area contributed by atoms with Gasteiger partial charge in [-0.2, -0.15) is 0 Å². The highest BCUT2D eigenvalue weighted by Crippen LogP contribution is 2.53. The zero-order chi connectivity index (χ0) is 19.8. The number of carboxylic acids is 1. The van der Waals surface area contributed by atoms with E-state index in [-0.39, 0.29) is 24.5 Å². The van der Waals surface area contributed by atoms with Gasteiger partial charge in [0.05, 0.1) is 12.1 Å². The normalized spacial score (nSPS) is 23.7. The largest absolute Gasteiger partial charge is 0.481 e. The van der Waals surface area contributed by atoms with Crippen LogP contribution >= 0.6 is 0 Å². The Hall–Kier alpha value is -1.65. The van der Waals surface area contributed by atoms with E-state index in [1.54, 1.807) is 0 Å². The molecule has 5 nitrogen and oxygen atoms in total. The first-order chi connectivity index (χ1) is 12.7. The molecule has 1 aromatic heterocycles. The molecule has 3 rings (SSSR count). The lowest BCUT2D eigenvalue weighted by molar-refractivity contribution is -0.137. The third kappa shape index (κ3) is 4.80. The van der Waals surface area contributed by atoms with E-state index in [9.17, 15) is 14.7 Å². The Bertz CT molecular complexity index is 679. The van der Waals surface area contributed by atoms with Crippen LogP contribution in [0.5, 0.6) is 0 Å². The fourth-order valence-corrected chi connectivity index (χ4v) is 4.56. The summed E-state index contributed by atoms with van der Waals surface area (Å²) in [4.78, 5) is 23.0. The maximum atomic E-state index is 11.7. The second-order valence-electron chi connectivity index (χ2n) is 9.58. The molecule has 2 fully saturated rings. The minimum Gasteiger partial charge on any atom is -0.481 e. The Balaban J connectivity index is 1.76. The van der Waals surface area contributed by atoms with Crippen molar-refractivity contribution in [3.8, 4) is 0 Å². The van der Waals surface area contributed by atoms with Crippen molar-refractivity contribution < 1.29 is 19.2 Å². The highest BCUT2D eigenvalue weighted by Gasteiger charge is 2.42. The summed E-state index contributed by atoms with van der Waals surface area (Å²) in [6.45, 7) is 8.43. The maximum Gasteiger partial charge on any atom is 0.304 e. The van der Waals surface area contributed by atoms with E-state index in [2.05, 4.69) is 25.9 Å². The van der Waals surface area contributed by atoms with E-state index in [0.717, 1.165) is 48.6 Å². The number of nitrogens with zero attached hydrogens (tertiary/aromatic N) is 1. The number of ketones is 1. The molecule has 2 aliphatic rings. The molecule has 1 aromatic rings. The quantitative estimate of drug-likeness (QED) is 0.591. The van der Waals surface area contributed by atoms with Gasteiger partial charge in [-0.25, -0.2) is 0 Å². The van der Waals surface area contributed by atoms with Crippen LogP contribution in [0.1, 0.15) is 114 Å². The van der Waals surface area contributed by atoms with Crippen LogP contribution in [0.25, 0.3) is 0 Å². The molecule has 2 aliphatic carbocycles. The zero-order valence-corrected chi connectivity index (χ0v) is 17.1. The van der Waals surface area contributed by atoms with Crippen LogP contribution in [0.15, 0.2) is 4.52 Å². The summed E-state index contributed by atoms with van der Waals surface area (Å²) < 4.78 is 5.80. The Labute approximate surface area is 161 Å². The average molecular weight is 376 g/mol. The van der Waals surface area contributed by atoms with Gasteiger partial charge in [0.2, 0.25) is 0 Å². The predicted molar refractivity (Wildman–Crippen MR) is 103 cm³/mol. The van der Waals surface area contributed by atoms with E-state index < -0.39 is 5.97 Å². The molecule has 0 aliphatic heterocycles. The molecule has 0 saturated heterocycles. The van der Waals surface area contributed by atoms with Crippen molar-refractivity contribution in [1.29, 1.82) is 0 Å². The number of carbonyl (C=O) groups excluding carboxylic acids is 1. The minimum atomic E-state index is -0.891. The van der Waals surface area contributed by atoms with E-state index in [1.165, 1.54) is 19.8 Å². The summed E-state index contributed by atoms with van der Waals surface area (Å²) in [7, 11) is 0. The summed E-state index contributed by atoms with van der Waals surface area (Å²) in [5.41, 5.74) is 2.26. The summed E-state index contributed by atoms with van der Waals surface area (Å²) in [5.74, 6) is 1.30. The Morgan fingerprint density at radius 2 is 1.89 bits per heavy atom. The van der Waals surface area contributed by atoms with Gasteiger partial charge in [-0.15, -0.1) is 0 Å². The van der Waals surface area contributed by atoms with Crippen LogP contribution in [0.4, 0.5) is 0 Å². The number of carbonyl (C=O) groups is 2. The van der Waals surface area contributed by atoms with Gasteiger partial charge in [-0.05, 0) is 56.3 Å². The highest BCUT2D eigenvalue weighted by atomic mass is 16.5. The van der Waals surface area contributed by atoms with Crippen LogP contribution in [0, 0.1) is 11.3 Å². The molecule has 27 heavy (non-hydrogen) atoms. The third-order valence-electron chi connectivity index (χ3n) is 6.52. The smallest absolute Gasteiger partial charge is 0.304 e. The van der Waals surface area contributed by atoms with Crippen LogP contribution < -0.4 is 0 Å². The molecule has 0 bridgehead atoms. The first-order valence-corrected chi connectivity index (χ1v) is 10.4. The van der Waals surface area contributed by atoms with Crippen LogP contribution in [-0.4, -0.2) is 22.0 Å². The first-order valence-electron chi connectivity index (χ1n) is 10.4. The lowest BCUT2D eigenvalue weighted by Gasteiger charge is -2.39. The van der Waals surface area contributed by atoms with E-state index >= 15 is 0 Å². The van der Waals surface area contributed by atoms with E-state index in [1.807, 2.05) is 0 Å². The lowest BCUT2D eigenvalue weighted by atomic mass is 9.66. The fourth-order valence-electron chi connectivity index (χ4n) is 4.56. The fraction of sp³-hybridized carbons (Fsp3) is 0.773. The molecule has 1 N–H and O–H groups in total. The molecule has 0 aromatic carbocycles.